The number of sulfonamides is 1. The van der Waals surface area contributed by atoms with Crippen molar-refractivity contribution in [3.05, 3.63) is 0 Å². The van der Waals surface area contributed by atoms with Gasteiger partial charge in [0.15, 0.2) is 0 Å². The highest BCUT2D eigenvalue weighted by molar-refractivity contribution is 7.88. The molecule has 2 heterocycles. The van der Waals surface area contributed by atoms with E-state index in [0.29, 0.717) is 38.8 Å². The van der Waals surface area contributed by atoms with E-state index in [9.17, 15) is 18.0 Å². The summed E-state index contributed by atoms with van der Waals surface area (Å²) < 4.78 is 24.4. The Bertz CT molecular complexity index is 504. The molecule has 0 aromatic carbocycles. The minimum atomic E-state index is -3.30. The average molecular weight is 304 g/mol. The lowest BCUT2D eigenvalue weighted by molar-refractivity contribution is -0.150. The molecule has 2 rings (SSSR count). The number of hydrogen-bond acceptors (Lipinski definition) is 4. The van der Waals surface area contributed by atoms with Gasteiger partial charge in [-0.1, -0.05) is 0 Å². The van der Waals surface area contributed by atoms with Gasteiger partial charge >= 0.3 is 5.97 Å². The van der Waals surface area contributed by atoms with Gasteiger partial charge < -0.3 is 10.0 Å². The van der Waals surface area contributed by atoms with Crippen molar-refractivity contribution in [3.8, 4) is 0 Å². The van der Waals surface area contributed by atoms with Crippen LogP contribution in [-0.2, 0) is 19.6 Å². The van der Waals surface area contributed by atoms with Gasteiger partial charge in [-0.15, -0.1) is 0 Å². The maximum atomic E-state index is 12.4. The van der Waals surface area contributed by atoms with Gasteiger partial charge in [-0.3, -0.25) is 4.79 Å². The molecule has 2 fully saturated rings. The van der Waals surface area contributed by atoms with E-state index in [0.717, 1.165) is 6.26 Å². The fourth-order valence-corrected chi connectivity index (χ4v) is 3.88. The van der Waals surface area contributed by atoms with Crippen LogP contribution in [0.2, 0.25) is 0 Å². The number of likely N-dealkylation sites (tertiary alicyclic amines) is 1. The van der Waals surface area contributed by atoms with Crippen LogP contribution < -0.4 is 0 Å². The summed E-state index contributed by atoms with van der Waals surface area (Å²) in [6.07, 6.45) is 3.55. The first kappa shape index (κ1) is 15.2. The highest BCUT2D eigenvalue weighted by Crippen LogP contribution is 2.25. The lowest BCUT2D eigenvalue weighted by Crippen LogP contribution is -2.49. The normalized spacial score (nSPS) is 28.6. The molecule has 0 bridgehead atoms. The standard InChI is InChI=1S/C12H20N2O5S/c1-20(18,19)13-6-2-4-9(8-13)11(15)14-7-3-5-10(14)12(16)17/h9-10H,2-8H2,1H3,(H,16,17)/t9-,10+/m0/s1. The second-order valence-corrected chi connectivity index (χ2v) is 7.47. The summed E-state index contributed by atoms with van der Waals surface area (Å²) in [6.45, 7) is 1.05. The van der Waals surface area contributed by atoms with Crippen molar-refractivity contribution in [2.75, 3.05) is 25.9 Å². The number of amides is 1. The van der Waals surface area contributed by atoms with Crippen LogP contribution in [0.15, 0.2) is 0 Å². The summed E-state index contributed by atoms with van der Waals surface area (Å²) in [5.41, 5.74) is 0. The van der Waals surface area contributed by atoms with Gasteiger partial charge in [0.05, 0.1) is 12.2 Å². The largest absolute Gasteiger partial charge is 0.480 e. The molecule has 1 amide bonds. The van der Waals surface area contributed by atoms with Crippen LogP contribution in [0.5, 0.6) is 0 Å². The van der Waals surface area contributed by atoms with Gasteiger partial charge in [0.1, 0.15) is 6.04 Å². The number of hydrogen-bond donors (Lipinski definition) is 1. The number of carbonyl (C=O) groups excluding carboxylic acids is 1. The van der Waals surface area contributed by atoms with E-state index < -0.39 is 28.0 Å². The molecule has 7 nitrogen and oxygen atoms in total. The molecule has 0 spiro atoms. The zero-order valence-corrected chi connectivity index (χ0v) is 12.3. The summed E-state index contributed by atoms with van der Waals surface area (Å²) in [5.74, 6) is -1.62. The van der Waals surface area contributed by atoms with Crippen LogP contribution >= 0.6 is 0 Å². The third kappa shape index (κ3) is 3.12. The molecule has 2 aliphatic heterocycles. The van der Waals surface area contributed by atoms with Crippen LogP contribution in [0.1, 0.15) is 25.7 Å². The Morgan fingerprint density at radius 2 is 1.80 bits per heavy atom. The first-order valence-electron chi connectivity index (χ1n) is 6.79. The van der Waals surface area contributed by atoms with Gasteiger partial charge in [-0.25, -0.2) is 17.5 Å². The molecule has 20 heavy (non-hydrogen) atoms. The number of carboxylic acid groups (broad SMARTS) is 1. The highest BCUT2D eigenvalue weighted by atomic mass is 32.2. The van der Waals surface area contributed by atoms with Crippen molar-refractivity contribution < 1.29 is 23.1 Å². The van der Waals surface area contributed by atoms with Crippen LogP contribution in [-0.4, -0.2) is 66.5 Å². The molecule has 0 radical (unpaired) electrons. The summed E-state index contributed by atoms with van der Waals surface area (Å²) in [7, 11) is -3.30. The van der Waals surface area contributed by atoms with Crippen molar-refractivity contribution >= 4 is 21.9 Å². The summed E-state index contributed by atoms with van der Waals surface area (Å²) in [5, 5.41) is 9.11. The Morgan fingerprint density at radius 1 is 1.15 bits per heavy atom. The van der Waals surface area contributed by atoms with Crippen LogP contribution in [0.25, 0.3) is 0 Å². The fourth-order valence-electron chi connectivity index (χ4n) is 2.97. The Labute approximate surface area is 118 Å². The van der Waals surface area contributed by atoms with E-state index in [1.807, 2.05) is 0 Å². The summed E-state index contributed by atoms with van der Waals surface area (Å²) in [4.78, 5) is 25.0. The van der Waals surface area contributed by atoms with E-state index in [2.05, 4.69) is 0 Å². The van der Waals surface area contributed by atoms with Crippen molar-refractivity contribution in [1.82, 2.24) is 9.21 Å². The molecule has 0 saturated carbocycles. The number of rotatable bonds is 3. The van der Waals surface area contributed by atoms with E-state index in [1.165, 1.54) is 9.21 Å². The number of carbonyl (C=O) groups is 2. The van der Waals surface area contributed by atoms with Gasteiger partial charge in [0.25, 0.3) is 0 Å². The van der Waals surface area contributed by atoms with Crippen LogP contribution in [0.3, 0.4) is 0 Å². The first-order chi connectivity index (χ1) is 9.30. The zero-order chi connectivity index (χ0) is 14.9. The molecule has 0 unspecified atom stereocenters. The topological polar surface area (TPSA) is 95.0 Å². The molecule has 1 N–H and O–H groups in total. The van der Waals surface area contributed by atoms with Gasteiger partial charge in [0.2, 0.25) is 15.9 Å². The van der Waals surface area contributed by atoms with Crippen LogP contribution in [0, 0.1) is 5.92 Å². The lowest BCUT2D eigenvalue weighted by Gasteiger charge is -2.33. The van der Waals surface area contributed by atoms with Crippen LogP contribution in [0.4, 0.5) is 0 Å². The Kier molecular flexibility index (Phi) is 4.33. The quantitative estimate of drug-likeness (QED) is 0.774. The molecule has 0 aromatic rings. The summed E-state index contributed by atoms with van der Waals surface area (Å²) in [6, 6.07) is -0.754. The molecule has 0 aromatic heterocycles. The average Bonchev–Trinajstić information content (AvgIpc) is 2.86. The molecule has 2 atom stereocenters. The highest BCUT2D eigenvalue weighted by Gasteiger charge is 2.39. The van der Waals surface area contributed by atoms with Gasteiger partial charge in [0, 0.05) is 19.6 Å². The molecular formula is C12H20N2O5S. The Hall–Kier alpha value is -1.15. The van der Waals surface area contributed by atoms with Crippen molar-refractivity contribution in [3.63, 3.8) is 0 Å². The maximum Gasteiger partial charge on any atom is 0.326 e. The monoisotopic (exact) mass is 304 g/mol. The predicted octanol–water partition coefficient (Wildman–Crippen LogP) is -0.266. The van der Waals surface area contributed by atoms with Gasteiger partial charge in [-0.2, -0.15) is 0 Å². The Balaban J connectivity index is 2.07. The molecule has 2 saturated heterocycles. The minimum absolute atomic E-state index is 0.167. The third-order valence-corrected chi connectivity index (χ3v) is 5.29. The molecule has 114 valence electrons. The second kappa shape index (κ2) is 5.69. The van der Waals surface area contributed by atoms with Crippen molar-refractivity contribution in [2.45, 2.75) is 31.7 Å². The van der Waals surface area contributed by atoms with Gasteiger partial charge in [-0.05, 0) is 25.7 Å². The number of carboxylic acids is 1. The van der Waals surface area contributed by atoms with E-state index in [1.54, 1.807) is 0 Å². The van der Waals surface area contributed by atoms with Crippen molar-refractivity contribution in [2.24, 2.45) is 5.92 Å². The molecule has 0 aliphatic carbocycles. The molecule has 2 aliphatic rings. The number of piperidine rings is 1. The second-order valence-electron chi connectivity index (χ2n) is 5.49. The Morgan fingerprint density at radius 3 is 2.40 bits per heavy atom. The number of nitrogens with zero attached hydrogens (tertiary/aromatic N) is 2. The van der Waals surface area contributed by atoms with E-state index >= 15 is 0 Å². The maximum absolute atomic E-state index is 12.4. The third-order valence-electron chi connectivity index (χ3n) is 4.02. The minimum Gasteiger partial charge on any atom is -0.480 e. The predicted molar refractivity (Wildman–Crippen MR) is 71.5 cm³/mol. The molecule has 8 heteroatoms. The van der Waals surface area contributed by atoms with E-state index in [4.69, 9.17) is 5.11 Å². The molecular weight excluding hydrogens is 284 g/mol. The summed E-state index contributed by atoms with van der Waals surface area (Å²) >= 11 is 0. The zero-order valence-electron chi connectivity index (χ0n) is 11.5. The SMILES string of the molecule is CS(=O)(=O)N1CCC[C@H](C(=O)N2CCC[C@@H]2C(=O)O)C1. The lowest BCUT2D eigenvalue weighted by atomic mass is 9.97. The fraction of sp³-hybridized carbons (Fsp3) is 0.833. The van der Waals surface area contributed by atoms with E-state index in [-0.39, 0.29) is 12.5 Å². The van der Waals surface area contributed by atoms with Crippen molar-refractivity contribution in [1.29, 1.82) is 0 Å². The number of aliphatic carboxylic acids is 1. The smallest absolute Gasteiger partial charge is 0.326 e. The first-order valence-corrected chi connectivity index (χ1v) is 8.64.